The molecule has 0 unspecified atom stereocenters. The fourth-order valence-electron chi connectivity index (χ4n) is 2.69. The second-order valence-corrected chi connectivity index (χ2v) is 5.58. The molecule has 0 saturated heterocycles. The Morgan fingerprint density at radius 2 is 2.15 bits per heavy atom. The molecule has 1 fully saturated rings. The summed E-state index contributed by atoms with van der Waals surface area (Å²) in [7, 11) is 1.39. The van der Waals surface area contributed by atoms with Crippen molar-refractivity contribution in [3.63, 3.8) is 0 Å². The average Bonchev–Trinajstić information content (AvgIpc) is 2.96. The van der Waals surface area contributed by atoms with E-state index in [-0.39, 0.29) is 17.5 Å². The summed E-state index contributed by atoms with van der Waals surface area (Å²) in [5.41, 5.74) is 0.909. The maximum atomic E-state index is 13.2. The molecule has 2 rings (SSSR count). The Bertz CT molecular complexity index is 475. The highest BCUT2D eigenvalue weighted by atomic mass is 35.5. The van der Waals surface area contributed by atoms with Gasteiger partial charge in [-0.2, -0.15) is 0 Å². The van der Waals surface area contributed by atoms with Crippen LogP contribution in [-0.4, -0.2) is 30.6 Å². The Balaban J connectivity index is 2.09. The van der Waals surface area contributed by atoms with Crippen LogP contribution in [0.5, 0.6) is 0 Å². The molecule has 0 bridgehead atoms. The standard InChI is InChI=1S/C15H19ClFNO2/c1-20-15(19)10-18(12-4-2-3-5-12)9-11-6-7-14(17)13(16)8-11/h6-8,12H,2-5,9-10H2,1H3. The molecule has 1 aliphatic carbocycles. The predicted octanol–water partition coefficient (Wildman–Crippen LogP) is 3.40. The zero-order chi connectivity index (χ0) is 14.5. The zero-order valence-electron chi connectivity index (χ0n) is 11.6. The van der Waals surface area contributed by atoms with Crippen LogP contribution in [0, 0.1) is 5.82 Å². The first-order chi connectivity index (χ1) is 9.60. The van der Waals surface area contributed by atoms with E-state index >= 15 is 0 Å². The van der Waals surface area contributed by atoms with E-state index in [1.54, 1.807) is 12.1 Å². The topological polar surface area (TPSA) is 29.5 Å². The molecule has 110 valence electrons. The van der Waals surface area contributed by atoms with Gasteiger partial charge in [0.1, 0.15) is 5.82 Å². The molecule has 0 aliphatic heterocycles. The number of ether oxygens (including phenoxy) is 1. The van der Waals surface area contributed by atoms with Crippen molar-refractivity contribution in [3.8, 4) is 0 Å². The van der Waals surface area contributed by atoms with Crippen LogP contribution in [0.4, 0.5) is 4.39 Å². The quantitative estimate of drug-likeness (QED) is 0.781. The van der Waals surface area contributed by atoms with Crippen LogP contribution >= 0.6 is 11.6 Å². The number of rotatable bonds is 5. The highest BCUT2D eigenvalue weighted by Gasteiger charge is 2.24. The SMILES string of the molecule is COC(=O)CN(Cc1ccc(F)c(Cl)c1)C1CCCC1. The fraction of sp³-hybridized carbons (Fsp3) is 0.533. The number of carbonyl (C=O) groups is 1. The second-order valence-electron chi connectivity index (χ2n) is 5.17. The largest absolute Gasteiger partial charge is 0.468 e. The van der Waals surface area contributed by atoms with Gasteiger partial charge >= 0.3 is 5.97 Å². The van der Waals surface area contributed by atoms with Crippen molar-refractivity contribution in [3.05, 3.63) is 34.6 Å². The number of halogens is 2. The highest BCUT2D eigenvalue weighted by molar-refractivity contribution is 6.30. The number of benzene rings is 1. The number of esters is 1. The maximum absolute atomic E-state index is 13.2. The summed E-state index contributed by atoms with van der Waals surface area (Å²) in [6, 6.07) is 5.08. The first-order valence-electron chi connectivity index (χ1n) is 6.85. The molecule has 0 heterocycles. The molecular weight excluding hydrogens is 281 g/mol. The lowest BCUT2D eigenvalue weighted by molar-refractivity contribution is -0.142. The van der Waals surface area contributed by atoms with Crippen LogP contribution in [0.3, 0.4) is 0 Å². The third-order valence-electron chi connectivity index (χ3n) is 3.77. The van der Waals surface area contributed by atoms with Crippen molar-refractivity contribution < 1.29 is 13.9 Å². The van der Waals surface area contributed by atoms with Crippen LogP contribution in [0.2, 0.25) is 5.02 Å². The van der Waals surface area contributed by atoms with Gasteiger partial charge in [-0.3, -0.25) is 9.69 Å². The van der Waals surface area contributed by atoms with E-state index in [1.807, 2.05) is 0 Å². The van der Waals surface area contributed by atoms with E-state index in [4.69, 9.17) is 16.3 Å². The molecule has 0 aromatic heterocycles. The van der Waals surface area contributed by atoms with Gasteiger partial charge < -0.3 is 4.74 Å². The van der Waals surface area contributed by atoms with E-state index in [9.17, 15) is 9.18 Å². The Morgan fingerprint density at radius 1 is 1.45 bits per heavy atom. The highest BCUT2D eigenvalue weighted by Crippen LogP contribution is 2.26. The zero-order valence-corrected chi connectivity index (χ0v) is 12.3. The molecule has 3 nitrogen and oxygen atoms in total. The lowest BCUT2D eigenvalue weighted by Gasteiger charge is -2.27. The molecule has 1 aromatic rings. The summed E-state index contributed by atoms with van der Waals surface area (Å²) >= 11 is 5.80. The predicted molar refractivity (Wildman–Crippen MR) is 76.1 cm³/mol. The van der Waals surface area contributed by atoms with Crippen molar-refractivity contribution in [1.82, 2.24) is 4.90 Å². The molecule has 20 heavy (non-hydrogen) atoms. The van der Waals surface area contributed by atoms with E-state index in [0.29, 0.717) is 12.6 Å². The molecular formula is C15H19ClFNO2. The van der Waals surface area contributed by atoms with Crippen LogP contribution < -0.4 is 0 Å². The summed E-state index contributed by atoms with van der Waals surface area (Å²) in [6.07, 6.45) is 4.55. The van der Waals surface area contributed by atoms with E-state index in [0.717, 1.165) is 18.4 Å². The Morgan fingerprint density at radius 3 is 2.75 bits per heavy atom. The van der Waals surface area contributed by atoms with Crippen LogP contribution in [0.15, 0.2) is 18.2 Å². The van der Waals surface area contributed by atoms with Crippen LogP contribution in [-0.2, 0) is 16.1 Å². The first kappa shape index (κ1) is 15.3. The molecule has 0 atom stereocenters. The minimum Gasteiger partial charge on any atom is -0.468 e. The number of nitrogens with zero attached hydrogens (tertiary/aromatic N) is 1. The number of methoxy groups -OCH3 is 1. The molecule has 0 spiro atoms. The van der Waals surface area contributed by atoms with Crippen LogP contribution in [0.1, 0.15) is 31.2 Å². The van der Waals surface area contributed by atoms with Gasteiger partial charge in [-0.1, -0.05) is 30.5 Å². The monoisotopic (exact) mass is 299 g/mol. The normalized spacial score (nSPS) is 15.8. The lowest BCUT2D eigenvalue weighted by Crippen LogP contribution is -2.37. The molecule has 0 amide bonds. The van der Waals surface area contributed by atoms with Gasteiger partial charge in [0.05, 0.1) is 18.7 Å². The van der Waals surface area contributed by atoms with Gasteiger partial charge in [-0.05, 0) is 30.5 Å². The third kappa shape index (κ3) is 3.93. The van der Waals surface area contributed by atoms with E-state index in [2.05, 4.69) is 4.90 Å². The minimum atomic E-state index is -0.421. The summed E-state index contributed by atoms with van der Waals surface area (Å²) in [5.74, 6) is -0.666. The van der Waals surface area contributed by atoms with E-state index < -0.39 is 5.82 Å². The summed E-state index contributed by atoms with van der Waals surface area (Å²) in [4.78, 5) is 13.6. The molecule has 5 heteroatoms. The van der Waals surface area contributed by atoms with Gasteiger partial charge in [-0.15, -0.1) is 0 Å². The first-order valence-corrected chi connectivity index (χ1v) is 7.22. The average molecular weight is 300 g/mol. The fourth-order valence-corrected chi connectivity index (χ4v) is 2.89. The summed E-state index contributed by atoms with van der Waals surface area (Å²) in [5, 5.41) is 0.118. The van der Waals surface area contributed by atoms with Crippen molar-refractivity contribution in [2.24, 2.45) is 0 Å². The Hall–Kier alpha value is -1.13. The van der Waals surface area contributed by atoms with Gasteiger partial charge in [0, 0.05) is 12.6 Å². The molecule has 0 N–H and O–H groups in total. The van der Waals surface area contributed by atoms with Crippen LogP contribution in [0.25, 0.3) is 0 Å². The Labute approximate surface area is 123 Å². The number of hydrogen-bond donors (Lipinski definition) is 0. The minimum absolute atomic E-state index is 0.118. The second kappa shape index (κ2) is 7.04. The molecule has 1 saturated carbocycles. The van der Waals surface area contributed by atoms with Crippen molar-refractivity contribution in [1.29, 1.82) is 0 Å². The van der Waals surface area contributed by atoms with Gasteiger partial charge in [-0.25, -0.2) is 4.39 Å². The molecule has 0 radical (unpaired) electrons. The van der Waals surface area contributed by atoms with Crippen molar-refractivity contribution in [2.45, 2.75) is 38.3 Å². The summed E-state index contributed by atoms with van der Waals surface area (Å²) in [6.45, 7) is 0.843. The maximum Gasteiger partial charge on any atom is 0.319 e. The van der Waals surface area contributed by atoms with E-state index in [1.165, 1.54) is 26.0 Å². The van der Waals surface area contributed by atoms with Crippen molar-refractivity contribution in [2.75, 3.05) is 13.7 Å². The smallest absolute Gasteiger partial charge is 0.319 e. The number of hydrogen-bond acceptors (Lipinski definition) is 3. The molecule has 1 aromatic carbocycles. The number of carbonyl (C=O) groups excluding carboxylic acids is 1. The third-order valence-corrected chi connectivity index (χ3v) is 4.06. The van der Waals surface area contributed by atoms with Gasteiger partial charge in [0.2, 0.25) is 0 Å². The summed E-state index contributed by atoms with van der Waals surface area (Å²) < 4.78 is 17.9. The van der Waals surface area contributed by atoms with Crippen molar-refractivity contribution >= 4 is 17.6 Å². The lowest BCUT2D eigenvalue weighted by atomic mass is 10.1. The van der Waals surface area contributed by atoms with Gasteiger partial charge in [0.15, 0.2) is 0 Å². The van der Waals surface area contributed by atoms with Gasteiger partial charge in [0.25, 0.3) is 0 Å². The molecule has 1 aliphatic rings. The Kier molecular flexibility index (Phi) is 5.38.